The van der Waals surface area contributed by atoms with E-state index < -0.39 is 0 Å². The summed E-state index contributed by atoms with van der Waals surface area (Å²) in [5.41, 5.74) is 0. The van der Waals surface area contributed by atoms with Gasteiger partial charge in [-0.2, -0.15) is 0 Å². The van der Waals surface area contributed by atoms with Crippen LogP contribution < -0.4 is 0 Å². The van der Waals surface area contributed by atoms with Gasteiger partial charge in [0.15, 0.2) is 0 Å². The molecule has 2 unspecified atom stereocenters. The largest absolute Gasteiger partial charge is 0.468 e. The van der Waals surface area contributed by atoms with Gasteiger partial charge < -0.3 is 4.74 Å². The van der Waals surface area contributed by atoms with Gasteiger partial charge in [-0.3, -0.25) is 9.69 Å². The van der Waals surface area contributed by atoms with Crippen LogP contribution in [0, 0.1) is 0 Å². The molecule has 1 aliphatic heterocycles. The fourth-order valence-electron chi connectivity index (χ4n) is 1.53. The smallest absolute Gasteiger partial charge is 0.323 e. The van der Waals surface area contributed by atoms with Crippen molar-refractivity contribution in [2.75, 3.05) is 14.2 Å². The number of carbonyl (C=O) groups is 1. The summed E-state index contributed by atoms with van der Waals surface area (Å²) in [4.78, 5) is 13.2. The molecule has 0 aromatic heterocycles. The summed E-state index contributed by atoms with van der Waals surface area (Å²) in [6.45, 7) is 2.13. The summed E-state index contributed by atoms with van der Waals surface area (Å²) < 4.78 is 4.67. The molecule has 0 aliphatic carbocycles. The van der Waals surface area contributed by atoms with Gasteiger partial charge in [-0.15, -0.1) is 12.4 Å². The van der Waals surface area contributed by atoms with Gasteiger partial charge in [0.2, 0.25) is 0 Å². The molecule has 4 heteroatoms. The first-order valence-electron chi connectivity index (χ1n) is 3.96. The first-order valence-corrected chi connectivity index (χ1v) is 3.96. The zero-order valence-corrected chi connectivity index (χ0v) is 8.56. The lowest BCUT2D eigenvalue weighted by Crippen LogP contribution is -2.36. The fraction of sp³-hybridized carbons (Fsp3) is 0.875. The van der Waals surface area contributed by atoms with E-state index in [4.69, 9.17) is 0 Å². The Balaban J connectivity index is 0.00000121. The number of likely N-dealkylation sites (N-methyl/N-ethyl adjacent to an activating group) is 1. The van der Waals surface area contributed by atoms with Crippen molar-refractivity contribution in [1.82, 2.24) is 4.90 Å². The summed E-state index contributed by atoms with van der Waals surface area (Å²) in [6.07, 6.45) is 2.03. The molecule has 2 atom stereocenters. The van der Waals surface area contributed by atoms with E-state index in [2.05, 4.69) is 16.6 Å². The highest BCUT2D eigenvalue weighted by atomic mass is 35.5. The van der Waals surface area contributed by atoms with E-state index in [0.29, 0.717) is 6.04 Å². The van der Waals surface area contributed by atoms with E-state index in [1.807, 2.05) is 7.05 Å². The Hall–Kier alpha value is -0.280. The van der Waals surface area contributed by atoms with E-state index in [1.165, 1.54) is 7.11 Å². The Labute approximate surface area is 79.5 Å². The monoisotopic (exact) mass is 193 g/mol. The normalized spacial score (nSPS) is 29.6. The van der Waals surface area contributed by atoms with Crippen molar-refractivity contribution in [3.05, 3.63) is 0 Å². The van der Waals surface area contributed by atoms with E-state index in [-0.39, 0.29) is 24.4 Å². The van der Waals surface area contributed by atoms with Crippen molar-refractivity contribution in [2.45, 2.75) is 31.8 Å². The van der Waals surface area contributed by atoms with Crippen LogP contribution in [0.1, 0.15) is 19.8 Å². The Morgan fingerprint density at radius 2 is 2.08 bits per heavy atom. The zero-order valence-electron chi connectivity index (χ0n) is 7.74. The van der Waals surface area contributed by atoms with Crippen molar-refractivity contribution in [2.24, 2.45) is 0 Å². The number of hydrogen-bond donors (Lipinski definition) is 0. The van der Waals surface area contributed by atoms with Gasteiger partial charge >= 0.3 is 5.97 Å². The van der Waals surface area contributed by atoms with Crippen molar-refractivity contribution in [1.29, 1.82) is 0 Å². The van der Waals surface area contributed by atoms with Crippen LogP contribution in [-0.4, -0.2) is 37.1 Å². The maximum absolute atomic E-state index is 11.1. The van der Waals surface area contributed by atoms with Gasteiger partial charge in [0.1, 0.15) is 6.04 Å². The molecule has 3 nitrogen and oxygen atoms in total. The third kappa shape index (κ3) is 2.11. The maximum Gasteiger partial charge on any atom is 0.323 e. The van der Waals surface area contributed by atoms with Crippen LogP contribution in [-0.2, 0) is 9.53 Å². The predicted octanol–water partition coefficient (Wildman–Crippen LogP) is 1.06. The second-order valence-electron chi connectivity index (χ2n) is 3.13. The lowest BCUT2D eigenvalue weighted by Gasteiger charge is -2.20. The van der Waals surface area contributed by atoms with Crippen LogP contribution >= 0.6 is 12.4 Å². The topological polar surface area (TPSA) is 29.5 Å². The molecule has 12 heavy (non-hydrogen) atoms. The predicted molar refractivity (Wildman–Crippen MR) is 49.5 cm³/mol. The number of hydrogen-bond acceptors (Lipinski definition) is 3. The van der Waals surface area contributed by atoms with Gasteiger partial charge in [-0.05, 0) is 26.8 Å². The second kappa shape index (κ2) is 4.67. The summed E-state index contributed by atoms with van der Waals surface area (Å²) in [5, 5.41) is 0. The molecule has 0 saturated carbocycles. The number of rotatable bonds is 1. The SMILES string of the molecule is COC(=O)C1CCC(C)N1C.Cl. The summed E-state index contributed by atoms with van der Waals surface area (Å²) in [6, 6.07) is 0.508. The zero-order chi connectivity index (χ0) is 8.43. The average Bonchev–Trinajstić information content (AvgIpc) is 2.32. The van der Waals surface area contributed by atoms with E-state index in [0.717, 1.165) is 12.8 Å². The number of methoxy groups -OCH3 is 1. The highest BCUT2D eigenvalue weighted by Crippen LogP contribution is 2.22. The average molecular weight is 194 g/mol. The van der Waals surface area contributed by atoms with Gasteiger partial charge in [-0.1, -0.05) is 0 Å². The first-order chi connectivity index (χ1) is 5.16. The molecule has 0 aromatic carbocycles. The van der Waals surface area contributed by atoms with Crippen LogP contribution in [0.15, 0.2) is 0 Å². The molecule has 0 amide bonds. The van der Waals surface area contributed by atoms with Gasteiger partial charge in [0, 0.05) is 6.04 Å². The van der Waals surface area contributed by atoms with E-state index >= 15 is 0 Å². The van der Waals surface area contributed by atoms with Crippen LogP contribution in [0.2, 0.25) is 0 Å². The second-order valence-corrected chi connectivity index (χ2v) is 3.13. The van der Waals surface area contributed by atoms with Gasteiger partial charge in [0.25, 0.3) is 0 Å². The molecule has 1 heterocycles. The number of ether oxygens (including phenoxy) is 1. The van der Waals surface area contributed by atoms with Crippen LogP contribution in [0.5, 0.6) is 0 Å². The minimum atomic E-state index is -0.100. The maximum atomic E-state index is 11.1. The summed E-state index contributed by atoms with van der Waals surface area (Å²) in [7, 11) is 3.42. The fourth-order valence-corrected chi connectivity index (χ4v) is 1.53. The number of nitrogens with zero attached hydrogens (tertiary/aromatic N) is 1. The third-order valence-corrected chi connectivity index (χ3v) is 2.52. The van der Waals surface area contributed by atoms with Crippen LogP contribution in [0.3, 0.4) is 0 Å². The molecule has 0 aromatic rings. The molecule has 0 bridgehead atoms. The molecule has 1 rings (SSSR count). The summed E-state index contributed by atoms with van der Waals surface area (Å²) >= 11 is 0. The first kappa shape index (κ1) is 11.7. The van der Waals surface area contributed by atoms with Gasteiger partial charge in [0.05, 0.1) is 7.11 Å². The molecule has 1 aliphatic rings. The van der Waals surface area contributed by atoms with Crippen molar-refractivity contribution >= 4 is 18.4 Å². The van der Waals surface area contributed by atoms with Crippen molar-refractivity contribution in [3.8, 4) is 0 Å². The lowest BCUT2D eigenvalue weighted by molar-refractivity contribution is -0.145. The Kier molecular flexibility index (Phi) is 4.57. The Morgan fingerprint density at radius 3 is 2.42 bits per heavy atom. The lowest BCUT2D eigenvalue weighted by atomic mass is 10.2. The quantitative estimate of drug-likeness (QED) is 0.584. The van der Waals surface area contributed by atoms with Crippen molar-refractivity contribution in [3.63, 3.8) is 0 Å². The molecule has 0 spiro atoms. The Bertz CT molecular complexity index is 163. The third-order valence-electron chi connectivity index (χ3n) is 2.52. The molecule has 1 saturated heterocycles. The molecule has 72 valence electrons. The van der Waals surface area contributed by atoms with Crippen LogP contribution in [0.25, 0.3) is 0 Å². The molecule has 0 radical (unpaired) electrons. The number of halogens is 1. The van der Waals surface area contributed by atoms with Crippen LogP contribution in [0.4, 0.5) is 0 Å². The molecule has 1 fully saturated rings. The molecule has 0 N–H and O–H groups in total. The number of carbonyl (C=O) groups excluding carboxylic acids is 1. The van der Waals surface area contributed by atoms with Gasteiger partial charge in [-0.25, -0.2) is 0 Å². The van der Waals surface area contributed by atoms with E-state index in [1.54, 1.807) is 0 Å². The highest BCUT2D eigenvalue weighted by molar-refractivity contribution is 5.85. The van der Waals surface area contributed by atoms with Crippen molar-refractivity contribution < 1.29 is 9.53 Å². The number of esters is 1. The minimum Gasteiger partial charge on any atom is -0.468 e. The number of likely N-dealkylation sites (tertiary alicyclic amines) is 1. The highest BCUT2D eigenvalue weighted by Gasteiger charge is 2.33. The summed E-state index contributed by atoms with van der Waals surface area (Å²) in [5.74, 6) is -0.100. The minimum absolute atomic E-state index is 0. The van der Waals surface area contributed by atoms with E-state index in [9.17, 15) is 4.79 Å². The molecular formula is C8H16ClNO2. The Morgan fingerprint density at radius 1 is 1.50 bits per heavy atom. The molecular weight excluding hydrogens is 178 g/mol. The standard InChI is InChI=1S/C8H15NO2.ClH/c1-6-4-5-7(9(6)2)8(10)11-3;/h6-7H,4-5H2,1-3H3;1H.